The molecule has 0 amide bonds. The van der Waals surface area contributed by atoms with Crippen molar-refractivity contribution in [3.63, 3.8) is 0 Å². The molecular formula is C23H23FN8O. The molecule has 2 bridgehead atoms. The molecule has 4 aliphatic rings. The average Bonchev–Trinajstić information content (AvgIpc) is 3.12. The van der Waals surface area contributed by atoms with Crippen LogP contribution in [0.2, 0.25) is 0 Å². The fraction of sp³-hybridized carbons (Fsp3) is 0.391. The van der Waals surface area contributed by atoms with Crippen LogP contribution in [0.3, 0.4) is 0 Å². The van der Waals surface area contributed by atoms with Gasteiger partial charge in [0.25, 0.3) is 0 Å². The van der Waals surface area contributed by atoms with Crippen molar-refractivity contribution >= 4 is 33.4 Å². The number of benzene rings is 1. The Hall–Kier alpha value is -3.53. The summed E-state index contributed by atoms with van der Waals surface area (Å²) >= 11 is 0. The lowest BCUT2D eigenvalue weighted by Gasteiger charge is -2.57. The van der Waals surface area contributed by atoms with E-state index in [-0.39, 0.29) is 23.9 Å². The lowest BCUT2D eigenvalue weighted by Crippen LogP contribution is -2.67. The van der Waals surface area contributed by atoms with Gasteiger partial charge in [-0.05, 0) is 37.7 Å². The fourth-order valence-corrected chi connectivity index (χ4v) is 5.91. The summed E-state index contributed by atoms with van der Waals surface area (Å²) in [5, 5.41) is 4.79. The van der Waals surface area contributed by atoms with Crippen LogP contribution in [0.4, 0.5) is 15.9 Å². The van der Waals surface area contributed by atoms with Gasteiger partial charge >= 0.3 is 6.01 Å². The zero-order valence-electron chi connectivity index (χ0n) is 18.3. The first-order valence-corrected chi connectivity index (χ1v) is 11.2. The maximum Gasteiger partial charge on any atom is 0.326 e. The summed E-state index contributed by atoms with van der Waals surface area (Å²) < 4.78 is 21.3. The van der Waals surface area contributed by atoms with Crippen molar-refractivity contribution in [2.45, 2.75) is 31.8 Å². The van der Waals surface area contributed by atoms with E-state index in [1.807, 2.05) is 6.92 Å². The van der Waals surface area contributed by atoms with Crippen LogP contribution in [0.15, 0.2) is 18.5 Å². The molecule has 3 aliphatic heterocycles. The van der Waals surface area contributed by atoms with Crippen molar-refractivity contribution in [1.29, 1.82) is 0 Å². The molecule has 8 rings (SSSR count). The zero-order chi connectivity index (χ0) is 22.4. The van der Waals surface area contributed by atoms with Crippen molar-refractivity contribution < 1.29 is 9.13 Å². The van der Waals surface area contributed by atoms with Gasteiger partial charge in [0.2, 0.25) is 0 Å². The molecule has 3 aromatic heterocycles. The minimum atomic E-state index is -0.215. The van der Waals surface area contributed by atoms with Gasteiger partial charge in [0.05, 0.1) is 29.0 Å². The molecule has 4 N–H and O–H groups in total. The number of ether oxygens (including phenoxy) is 1. The van der Waals surface area contributed by atoms with E-state index in [4.69, 9.17) is 15.5 Å². The van der Waals surface area contributed by atoms with Gasteiger partial charge in [0.15, 0.2) is 5.75 Å². The molecular weight excluding hydrogens is 423 g/mol. The Morgan fingerprint density at radius 2 is 2.06 bits per heavy atom. The summed E-state index contributed by atoms with van der Waals surface area (Å²) in [4.78, 5) is 23.6. The van der Waals surface area contributed by atoms with Crippen LogP contribution in [0.25, 0.3) is 21.9 Å². The molecule has 0 radical (unpaired) electrons. The average molecular weight is 446 g/mol. The monoisotopic (exact) mass is 446 g/mol. The van der Waals surface area contributed by atoms with Gasteiger partial charge in [-0.2, -0.15) is 9.97 Å². The topological polar surface area (TPSA) is 118 Å². The fourth-order valence-electron chi connectivity index (χ4n) is 5.91. The number of anilines is 2. The molecule has 6 heterocycles. The van der Waals surface area contributed by atoms with E-state index in [1.165, 1.54) is 0 Å². The van der Waals surface area contributed by atoms with Gasteiger partial charge in [-0.15, -0.1) is 0 Å². The first-order chi connectivity index (χ1) is 16.0. The maximum absolute atomic E-state index is 15.4. The van der Waals surface area contributed by atoms with Crippen LogP contribution in [0, 0.1) is 24.6 Å². The molecule has 3 fully saturated rings. The third-order valence-electron chi connectivity index (χ3n) is 7.60. The number of H-pyrrole nitrogens is 1. The number of hydrogen-bond donors (Lipinski definition) is 3. The van der Waals surface area contributed by atoms with Gasteiger partial charge in [-0.1, -0.05) is 0 Å². The highest BCUT2D eigenvalue weighted by atomic mass is 19.1. The van der Waals surface area contributed by atoms with Gasteiger partial charge < -0.3 is 25.7 Å². The molecule has 0 spiro atoms. The minimum absolute atomic E-state index is 0.0872. The number of aryl methyl sites for hydroxylation is 1. The highest BCUT2D eigenvalue weighted by Gasteiger charge is 2.52. The van der Waals surface area contributed by atoms with Crippen LogP contribution < -0.4 is 20.7 Å². The third kappa shape index (κ3) is 2.55. The quantitative estimate of drug-likeness (QED) is 0.440. The van der Waals surface area contributed by atoms with E-state index >= 15 is 4.39 Å². The van der Waals surface area contributed by atoms with E-state index in [0.29, 0.717) is 46.7 Å². The molecule has 4 aromatic rings. The summed E-state index contributed by atoms with van der Waals surface area (Å²) in [5.41, 5.74) is 9.31. The van der Waals surface area contributed by atoms with Crippen LogP contribution in [0.1, 0.15) is 17.8 Å². The number of aromatic nitrogens is 5. The Morgan fingerprint density at radius 3 is 2.82 bits per heavy atom. The summed E-state index contributed by atoms with van der Waals surface area (Å²) in [7, 11) is 1.79. The Balaban J connectivity index is 1.48. The Labute approximate surface area is 188 Å². The van der Waals surface area contributed by atoms with Gasteiger partial charge in [0, 0.05) is 36.6 Å². The molecule has 4 atom stereocenters. The number of aromatic amines is 1. The van der Waals surface area contributed by atoms with Crippen molar-refractivity contribution in [1.82, 2.24) is 24.9 Å². The second-order valence-electron chi connectivity index (χ2n) is 9.29. The molecule has 1 aromatic carbocycles. The van der Waals surface area contributed by atoms with Crippen LogP contribution in [-0.4, -0.2) is 50.6 Å². The van der Waals surface area contributed by atoms with Crippen LogP contribution in [0.5, 0.6) is 11.8 Å². The molecule has 33 heavy (non-hydrogen) atoms. The Kier molecular flexibility index (Phi) is 3.74. The number of hydrogen-bond acceptors (Lipinski definition) is 8. The van der Waals surface area contributed by atoms with E-state index < -0.39 is 0 Å². The molecule has 1 aliphatic carbocycles. The van der Waals surface area contributed by atoms with Crippen LogP contribution >= 0.6 is 0 Å². The SMILES string of the molecule is CNc1cc(F)c2c3c1[nH]c1nc(Oc4cnc(C)nc4)nc(c13)N1CC3CC(C3N)C1C2. The van der Waals surface area contributed by atoms with Gasteiger partial charge in [0.1, 0.15) is 23.1 Å². The summed E-state index contributed by atoms with van der Waals surface area (Å²) in [5.74, 6) is 2.40. The Bertz CT molecular complexity index is 1430. The smallest absolute Gasteiger partial charge is 0.326 e. The van der Waals surface area contributed by atoms with Crippen molar-refractivity contribution in [3.8, 4) is 11.8 Å². The van der Waals surface area contributed by atoms with Gasteiger partial charge in [-0.3, -0.25) is 0 Å². The van der Waals surface area contributed by atoms with Crippen molar-refractivity contribution in [3.05, 3.63) is 35.7 Å². The van der Waals surface area contributed by atoms with E-state index in [2.05, 4.69) is 30.2 Å². The predicted molar refractivity (Wildman–Crippen MR) is 122 cm³/mol. The Morgan fingerprint density at radius 1 is 1.24 bits per heavy atom. The largest absolute Gasteiger partial charge is 0.421 e. The second-order valence-corrected chi connectivity index (χ2v) is 9.29. The third-order valence-corrected chi connectivity index (χ3v) is 7.60. The minimum Gasteiger partial charge on any atom is -0.421 e. The number of nitrogens with one attached hydrogen (secondary N) is 2. The maximum atomic E-state index is 15.4. The van der Waals surface area contributed by atoms with Crippen LogP contribution in [-0.2, 0) is 6.42 Å². The number of nitrogens with two attached hydrogens (primary N) is 1. The highest BCUT2D eigenvalue weighted by molar-refractivity contribution is 6.16. The van der Waals surface area contributed by atoms with Crippen molar-refractivity contribution in [2.75, 3.05) is 23.8 Å². The van der Waals surface area contributed by atoms with E-state index in [0.717, 1.165) is 35.1 Å². The normalized spacial score (nSPS) is 25.2. The summed E-state index contributed by atoms with van der Waals surface area (Å²) in [6.07, 6.45) is 4.87. The summed E-state index contributed by atoms with van der Waals surface area (Å²) in [6.45, 7) is 2.61. The lowest BCUT2D eigenvalue weighted by atomic mass is 9.62. The van der Waals surface area contributed by atoms with Crippen molar-refractivity contribution in [2.24, 2.45) is 17.6 Å². The molecule has 2 saturated heterocycles. The first kappa shape index (κ1) is 19.0. The summed E-state index contributed by atoms with van der Waals surface area (Å²) in [6, 6.07) is 2.00. The number of piperidine rings is 2. The highest BCUT2D eigenvalue weighted by Crippen LogP contribution is 2.50. The molecule has 9 nitrogen and oxygen atoms in total. The number of halogens is 1. The molecule has 10 heteroatoms. The van der Waals surface area contributed by atoms with E-state index in [1.54, 1.807) is 25.5 Å². The number of nitrogens with zero attached hydrogens (tertiary/aromatic N) is 5. The van der Waals surface area contributed by atoms with E-state index in [9.17, 15) is 0 Å². The first-order valence-electron chi connectivity index (χ1n) is 11.2. The molecule has 4 unspecified atom stereocenters. The predicted octanol–water partition coefficient (Wildman–Crippen LogP) is 2.89. The lowest BCUT2D eigenvalue weighted by molar-refractivity contribution is 0.0732. The van der Waals surface area contributed by atoms with Gasteiger partial charge in [-0.25, -0.2) is 14.4 Å². The molecule has 1 saturated carbocycles. The second kappa shape index (κ2) is 6.50. The standard InChI is InChI=1S/C23H23FN8O/c1-9-27-6-11(7-28-9)33-23-30-21-18-17-12(14(24)5-15(26-2)20(17)29-21)4-16-13-3-10(19(13)25)8-32(16)22(18)31-23/h5-7,10,13,16,19,26H,3-4,8,25H2,1-2H3,(H,29,30,31). The zero-order valence-corrected chi connectivity index (χ0v) is 18.3. The number of rotatable bonds is 3. The molecule has 168 valence electrons.